The van der Waals surface area contributed by atoms with Gasteiger partial charge in [0.25, 0.3) is 0 Å². The van der Waals surface area contributed by atoms with Crippen LogP contribution in [0.25, 0.3) is 0 Å². The van der Waals surface area contributed by atoms with Crippen molar-refractivity contribution < 1.29 is 27.5 Å². The van der Waals surface area contributed by atoms with Gasteiger partial charge < -0.3 is 10.1 Å². The second kappa shape index (κ2) is 9.03. The second-order valence-corrected chi connectivity index (χ2v) is 10.2. The number of likely N-dealkylation sites (tertiary alicyclic amines) is 1. The van der Waals surface area contributed by atoms with Crippen LogP contribution in [0.5, 0.6) is 5.75 Å². The standard InChI is InChI=1S/C22H27N3O6S/c1-31-19-9-8-15(32(29,30)24-11-4-5-12-24)14-18(19)23-20(26)10-13-25-21(27)16-6-2-3-7-17(16)22(25)28/h2-3,8-9,14,16-17H,4-7,10-13H2,1H3,(H,23,26)/t16-,17+. The maximum atomic E-state index is 12.9. The fourth-order valence-electron chi connectivity index (χ4n) is 4.54. The molecule has 1 aliphatic carbocycles. The van der Waals surface area contributed by atoms with Crippen molar-refractivity contribution in [2.75, 3.05) is 32.1 Å². The number of benzene rings is 1. The number of carbonyl (C=O) groups is 3. The zero-order valence-electron chi connectivity index (χ0n) is 18.0. The normalized spacial score (nSPS) is 23.5. The molecule has 2 saturated heterocycles. The number of hydrogen-bond donors (Lipinski definition) is 1. The van der Waals surface area contributed by atoms with E-state index in [1.54, 1.807) is 0 Å². The number of amides is 3. The summed E-state index contributed by atoms with van der Waals surface area (Å²) >= 11 is 0. The summed E-state index contributed by atoms with van der Waals surface area (Å²) in [6, 6.07) is 4.35. The van der Waals surface area contributed by atoms with Crippen molar-refractivity contribution in [2.24, 2.45) is 11.8 Å². The number of hydrogen-bond acceptors (Lipinski definition) is 6. The van der Waals surface area contributed by atoms with Crippen molar-refractivity contribution in [3.8, 4) is 5.75 Å². The van der Waals surface area contributed by atoms with Crippen molar-refractivity contribution in [2.45, 2.75) is 37.0 Å². The van der Waals surface area contributed by atoms with Crippen LogP contribution in [0.2, 0.25) is 0 Å². The van der Waals surface area contributed by atoms with Gasteiger partial charge in [0.2, 0.25) is 27.7 Å². The molecule has 9 nitrogen and oxygen atoms in total. The lowest BCUT2D eigenvalue weighted by molar-refractivity contribution is -0.140. The molecule has 4 rings (SSSR count). The highest BCUT2D eigenvalue weighted by Crippen LogP contribution is 2.35. The molecular weight excluding hydrogens is 434 g/mol. The number of ether oxygens (including phenoxy) is 1. The Morgan fingerprint density at radius 1 is 1.09 bits per heavy atom. The number of allylic oxidation sites excluding steroid dienone is 2. The predicted molar refractivity (Wildman–Crippen MR) is 116 cm³/mol. The number of nitrogens with one attached hydrogen (secondary N) is 1. The number of carbonyl (C=O) groups excluding carboxylic acids is 3. The summed E-state index contributed by atoms with van der Waals surface area (Å²) in [6.07, 6.45) is 6.49. The molecule has 2 aliphatic heterocycles. The number of imide groups is 1. The van der Waals surface area contributed by atoms with Gasteiger partial charge in [-0.1, -0.05) is 12.2 Å². The van der Waals surface area contributed by atoms with Gasteiger partial charge in [0, 0.05) is 26.1 Å². The minimum Gasteiger partial charge on any atom is -0.495 e. The second-order valence-electron chi connectivity index (χ2n) is 8.26. The van der Waals surface area contributed by atoms with E-state index in [1.165, 1.54) is 34.5 Å². The number of nitrogens with zero attached hydrogens (tertiary/aromatic N) is 2. The molecule has 2 atom stereocenters. The van der Waals surface area contributed by atoms with E-state index >= 15 is 0 Å². The lowest BCUT2D eigenvalue weighted by Crippen LogP contribution is -2.34. The van der Waals surface area contributed by atoms with Crippen LogP contribution < -0.4 is 10.1 Å². The van der Waals surface area contributed by atoms with Crippen LogP contribution in [0.15, 0.2) is 35.2 Å². The first kappa shape index (κ1) is 22.5. The molecular formula is C22H27N3O6S. The fourth-order valence-corrected chi connectivity index (χ4v) is 6.08. The quantitative estimate of drug-likeness (QED) is 0.489. The Morgan fingerprint density at radius 3 is 2.31 bits per heavy atom. The van der Waals surface area contributed by atoms with E-state index in [1.807, 2.05) is 12.2 Å². The molecule has 0 saturated carbocycles. The van der Waals surface area contributed by atoms with Gasteiger partial charge in [-0.2, -0.15) is 4.31 Å². The maximum Gasteiger partial charge on any atom is 0.243 e. The first-order chi connectivity index (χ1) is 15.3. The average molecular weight is 462 g/mol. The monoisotopic (exact) mass is 461 g/mol. The zero-order chi connectivity index (χ0) is 22.9. The highest BCUT2D eigenvalue weighted by Gasteiger charge is 2.46. The molecule has 0 aromatic heterocycles. The van der Waals surface area contributed by atoms with Crippen LogP contribution in [-0.2, 0) is 24.4 Å². The van der Waals surface area contributed by atoms with Gasteiger partial charge in [-0.05, 0) is 43.9 Å². The Hall–Kier alpha value is -2.72. The molecule has 2 heterocycles. The van der Waals surface area contributed by atoms with Crippen LogP contribution in [0, 0.1) is 11.8 Å². The third kappa shape index (κ3) is 4.16. The van der Waals surface area contributed by atoms with Crippen molar-refractivity contribution in [1.82, 2.24) is 9.21 Å². The molecule has 3 amide bonds. The molecule has 0 radical (unpaired) electrons. The molecule has 0 spiro atoms. The number of methoxy groups -OCH3 is 1. The van der Waals surface area contributed by atoms with E-state index in [0.717, 1.165) is 12.8 Å². The summed E-state index contributed by atoms with van der Waals surface area (Å²) in [5.41, 5.74) is 0.231. The minimum absolute atomic E-state index is 0.00934. The largest absolute Gasteiger partial charge is 0.495 e. The van der Waals surface area contributed by atoms with E-state index in [9.17, 15) is 22.8 Å². The summed E-state index contributed by atoms with van der Waals surface area (Å²) in [4.78, 5) is 38.9. The summed E-state index contributed by atoms with van der Waals surface area (Å²) in [6.45, 7) is 0.946. The van der Waals surface area contributed by atoms with Gasteiger partial charge in [-0.15, -0.1) is 0 Å². The van der Waals surface area contributed by atoms with Crippen molar-refractivity contribution in [3.05, 3.63) is 30.4 Å². The highest BCUT2D eigenvalue weighted by molar-refractivity contribution is 7.89. The number of fused-ring (bicyclic) bond motifs is 1. The van der Waals surface area contributed by atoms with E-state index in [4.69, 9.17) is 4.74 Å². The SMILES string of the molecule is COc1ccc(S(=O)(=O)N2CCCC2)cc1NC(=O)CCN1C(=O)[C@H]2CC=CC[C@H]2C1=O. The van der Waals surface area contributed by atoms with Crippen LogP contribution in [0.1, 0.15) is 32.1 Å². The number of sulfonamides is 1. The van der Waals surface area contributed by atoms with Crippen LogP contribution in [-0.4, -0.2) is 62.1 Å². The van der Waals surface area contributed by atoms with E-state index < -0.39 is 15.9 Å². The van der Waals surface area contributed by atoms with Crippen molar-refractivity contribution >= 4 is 33.4 Å². The molecule has 172 valence electrons. The van der Waals surface area contributed by atoms with Crippen molar-refractivity contribution in [3.63, 3.8) is 0 Å². The predicted octanol–water partition coefficient (Wildman–Crippen LogP) is 1.76. The van der Waals surface area contributed by atoms with Crippen LogP contribution >= 0.6 is 0 Å². The third-order valence-electron chi connectivity index (χ3n) is 6.31. The third-order valence-corrected chi connectivity index (χ3v) is 8.20. The van der Waals surface area contributed by atoms with Gasteiger partial charge in [0.15, 0.2) is 0 Å². The molecule has 1 N–H and O–H groups in total. The smallest absolute Gasteiger partial charge is 0.243 e. The van der Waals surface area contributed by atoms with Crippen LogP contribution in [0.3, 0.4) is 0 Å². The Balaban J connectivity index is 1.44. The lowest BCUT2D eigenvalue weighted by Gasteiger charge is -2.18. The maximum absolute atomic E-state index is 12.9. The minimum atomic E-state index is -3.65. The van der Waals surface area contributed by atoms with Crippen LogP contribution in [0.4, 0.5) is 5.69 Å². The molecule has 32 heavy (non-hydrogen) atoms. The fraction of sp³-hybridized carbons (Fsp3) is 0.500. The Bertz CT molecular complexity index is 1040. The molecule has 10 heteroatoms. The first-order valence-electron chi connectivity index (χ1n) is 10.8. The summed E-state index contributed by atoms with van der Waals surface area (Å²) in [5, 5.41) is 2.67. The summed E-state index contributed by atoms with van der Waals surface area (Å²) in [7, 11) is -2.22. The molecule has 3 aliphatic rings. The Kier molecular flexibility index (Phi) is 6.34. The average Bonchev–Trinajstić information content (AvgIpc) is 3.41. The lowest BCUT2D eigenvalue weighted by atomic mass is 9.85. The van der Waals surface area contributed by atoms with Gasteiger partial charge in [-0.3, -0.25) is 19.3 Å². The Morgan fingerprint density at radius 2 is 1.72 bits per heavy atom. The van der Waals surface area contributed by atoms with Crippen molar-refractivity contribution in [1.29, 1.82) is 0 Å². The van der Waals surface area contributed by atoms with Gasteiger partial charge in [0.05, 0.1) is 29.5 Å². The van der Waals surface area contributed by atoms with E-state index in [2.05, 4.69) is 5.32 Å². The van der Waals surface area contributed by atoms with Gasteiger partial charge in [0.1, 0.15) is 5.75 Å². The number of anilines is 1. The molecule has 1 aromatic rings. The summed E-state index contributed by atoms with van der Waals surface area (Å²) in [5.74, 6) is -1.23. The molecule has 0 bridgehead atoms. The molecule has 0 unspecified atom stereocenters. The zero-order valence-corrected chi connectivity index (χ0v) is 18.8. The highest BCUT2D eigenvalue weighted by atomic mass is 32.2. The number of rotatable bonds is 7. The van der Waals surface area contributed by atoms with Gasteiger partial charge in [-0.25, -0.2) is 8.42 Å². The first-order valence-corrected chi connectivity index (χ1v) is 12.2. The molecule has 2 fully saturated rings. The topological polar surface area (TPSA) is 113 Å². The Labute approximate surface area is 187 Å². The van der Waals surface area contributed by atoms with E-state index in [0.29, 0.717) is 31.7 Å². The molecule has 1 aromatic carbocycles. The van der Waals surface area contributed by atoms with E-state index in [-0.39, 0.29) is 47.2 Å². The summed E-state index contributed by atoms with van der Waals surface area (Å²) < 4.78 is 32.4. The van der Waals surface area contributed by atoms with Gasteiger partial charge >= 0.3 is 0 Å².